The van der Waals surface area contributed by atoms with Crippen LogP contribution in [0.2, 0.25) is 0 Å². The van der Waals surface area contributed by atoms with Gasteiger partial charge in [0, 0.05) is 23.6 Å². The van der Waals surface area contributed by atoms with Gasteiger partial charge in [0.2, 0.25) is 0 Å². The molecule has 1 fully saturated rings. The molecule has 23 heavy (non-hydrogen) atoms. The molecule has 0 bridgehead atoms. The van der Waals surface area contributed by atoms with E-state index in [4.69, 9.17) is 5.26 Å². The van der Waals surface area contributed by atoms with Gasteiger partial charge in [0.25, 0.3) is 0 Å². The van der Waals surface area contributed by atoms with E-state index in [1.165, 1.54) is 22.9 Å². The zero-order chi connectivity index (χ0) is 15.6. The normalized spacial score (nSPS) is 19.6. The van der Waals surface area contributed by atoms with E-state index in [1.54, 1.807) is 0 Å². The Morgan fingerprint density at radius 3 is 2.87 bits per heavy atom. The molecule has 4 rings (SSSR count). The Balaban J connectivity index is 1.40. The second-order valence-corrected chi connectivity index (χ2v) is 6.33. The first-order valence-corrected chi connectivity index (χ1v) is 8.11. The highest BCUT2D eigenvalue weighted by Gasteiger charge is 2.39. The van der Waals surface area contributed by atoms with Crippen LogP contribution in [0.4, 0.5) is 0 Å². The molecule has 1 saturated carbocycles. The van der Waals surface area contributed by atoms with Crippen LogP contribution < -0.4 is 5.32 Å². The number of hydrogen-bond acceptors (Lipinski definition) is 2. The summed E-state index contributed by atoms with van der Waals surface area (Å²) in [5.74, 6) is 1.31. The number of benzene rings is 2. The molecule has 0 radical (unpaired) electrons. The van der Waals surface area contributed by atoms with Gasteiger partial charge in [-0.25, -0.2) is 0 Å². The van der Waals surface area contributed by atoms with Crippen molar-refractivity contribution in [1.29, 1.82) is 5.26 Å². The van der Waals surface area contributed by atoms with Gasteiger partial charge in [0.05, 0.1) is 11.6 Å². The summed E-state index contributed by atoms with van der Waals surface area (Å²) in [5.41, 5.74) is 4.55. The molecule has 3 nitrogen and oxygen atoms in total. The van der Waals surface area contributed by atoms with E-state index in [9.17, 15) is 0 Å². The molecule has 1 aromatic heterocycles. The molecule has 0 aliphatic heterocycles. The lowest BCUT2D eigenvalue weighted by Crippen LogP contribution is -2.16. The first-order chi connectivity index (χ1) is 11.3. The summed E-state index contributed by atoms with van der Waals surface area (Å²) >= 11 is 0. The number of rotatable bonds is 5. The van der Waals surface area contributed by atoms with Crippen molar-refractivity contribution in [1.82, 2.24) is 10.3 Å². The molecule has 0 amide bonds. The van der Waals surface area contributed by atoms with Crippen LogP contribution in [0.5, 0.6) is 0 Å². The highest BCUT2D eigenvalue weighted by molar-refractivity contribution is 5.85. The maximum absolute atomic E-state index is 9.09. The van der Waals surface area contributed by atoms with Crippen LogP contribution >= 0.6 is 0 Å². The fourth-order valence-electron chi connectivity index (χ4n) is 3.37. The van der Waals surface area contributed by atoms with Gasteiger partial charge in [0.15, 0.2) is 0 Å². The summed E-state index contributed by atoms with van der Waals surface area (Å²) in [6.45, 7) is 1.97. The first kappa shape index (κ1) is 14.0. The van der Waals surface area contributed by atoms with Crippen molar-refractivity contribution in [2.75, 3.05) is 6.54 Å². The van der Waals surface area contributed by atoms with E-state index in [0.29, 0.717) is 11.8 Å². The second kappa shape index (κ2) is 5.91. The number of H-pyrrole nitrogens is 1. The largest absolute Gasteiger partial charge is 0.361 e. The Morgan fingerprint density at radius 2 is 2.04 bits per heavy atom. The number of aromatic amines is 1. The van der Waals surface area contributed by atoms with Crippen LogP contribution in [0.15, 0.2) is 54.7 Å². The number of nitrogens with zero attached hydrogens (tertiary/aromatic N) is 1. The van der Waals surface area contributed by atoms with E-state index in [1.807, 2.05) is 24.3 Å². The summed E-state index contributed by atoms with van der Waals surface area (Å²) in [4.78, 5) is 3.33. The van der Waals surface area contributed by atoms with Gasteiger partial charge in [-0.05, 0) is 54.1 Å². The van der Waals surface area contributed by atoms with Gasteiger partial charge in [-0.15, -0.1) is 0 Å². The van der Waals surface area contributed by atoms with Crippen molar-refractivity contribution in [3.8, 4) is 6.07 Å². The third-order valence-corrected chi connectivity index (χ3v) is 4.74. The summed E-state index contributed by atoms with van der Waals surface area (Å²) in [6, 6.07) is 18.6. The lowest BCUT2D eigenvalue weighted by molar-refractivity contribution is 0.628. The molecule has 2 atom stereocenters. The predicted molar refractivity (Wildman–Crippen MR) is 92.0 cm³/mol. The van der Waals surface area contributed by atoms with Crippen LogP contribution in [0.1, 0.15) is 29.0 Å². The number of aromatic nitrogens is 1. The fraction of sp³-hybridized carbons (Fsp3) is 0.250. The van der Waals surface area contributed by atoms with Crippen molar-refractivity contribution in [3.05, 3.63) is 71.4 Å². The number of nitriles is 1. The molecule has 1 heterocycles. The number of nitrogens with one attached hydrogen (secondary N) is 2. The van der Waals surface area contributed by atoms with E-state index in [-0.39, 0.29) is 0 Å². The SMILES string of the molecule is N#Cc1ccc2[nH]cc([C@@H]3C[C@H]3CNCc3ccccc3)c2c1. The molecule has 3 heteroatoms. The van der Waals surface area contributed by atoms with Gasteiger partial charge >= 0.3 is 0 Å². The van der Waals surface area contributed by atoms with Crippen molar-refractivity contribution < 1.29 is 0 Å². The minimum Gasteiger partial charge on any atom is -0.361 e. The van der Waals surface area contributed by atoms with E-state index >= 15 is 0 Å². The fourth-order valence-corrected chi connectivity index (χ4v) is 3.37. The standard InChI is InChI=1S/C20H19N3/c21-10-15-6-7-20-18(8-15)19(13-23-20)17-9-16(17)12-22-11-14-4-2-1-3-5-14/h1-8,13,16-17,22-23H,9,11-12H2/t16-,17+/m0/s1. The third-order valence-electron chi connectivity index (χ3n) is 4.74. The van der Waals surface area contributed by atoms with Crippen molar-refractivity contribution in [2.45, 2.75) is 18.9 Å². The maximum atomic E-state index is 9.09. The van der Waals surface area contributed by atoms with E-state index in [2.05, 4.69) is 46.8 Å². The molecule has 0 unspecified atom stereocenters. The van der Waals surface area contributed by atoms with Crippen molar-refractivity contribution in [3.63, 3.8) is 0 Å². The molecule has 1 aliphatic carbocycles. The summed E-state index contributed by atoms with van der Waals surface area (Å²) in [5, 5.41) is 13.9. The Hall–Kier alpha value is -2.57. The van der Waals surface area contributed by atoms with Gasteiger partial charge in [-0.3, -0.25) is 0 Å². The smallest absolute Gasteiger partial charge is 0.0991 e. The van der Waals surface area contributed by atoms with Crippen LogP contribution in [-0.2, 0) is 6.54 Å². The Labute approximate surface area is 136 Å². The van der Waals surface area contributed by atoms with Crippen LogP contribution in [0, 0.1) is 17.2 Å². The molecule has 114 valence electrons. The number of hydrogen-bond donors (Lipinski definition) is 2. The van der Waals surface area contributed by atoms with Crippen molar-refractivity contribution >= 4 is 10.9 Å². The molecule has 2 aromatic carbocycles. The summed E-state index contributed by atoms with van der Waals surface area (Å²) in [7, 11) is 0. The Kier molecular flexibility index (Phi) is 3.61. The highest BCUT2D eigenvalue weighted by Crippen LogP contribution is 2.49. The lowest BCUT2D eigenvalue weighted by atomic mass is 10.1. The predicted octanol–water partition coefficient (Wildman–Crippen LogP) is 3.93. The topological polar surface area (TPSA) is 51.6 Å². The molecule has 2 N–H and O–H groups in total. The molecule has 3 aromatic rings. The quantitative estimate of drug-likeness (QED) is 0.750. The minimum absolute atomic E-state index is 0.612. The molecular formula is C20H19N3. The maximum Gasteiger partial charge on any atom is 0.0991 e. The van der Waals surface area contributed by atoms with Gasteiger partial charge in [0.1, 0.15) is 0 Å². The Bertz CT molecular complexity index is 857. The highest BCUT2D eigenvalue weighted by atomic mass is 14.9. The zero-order valence-electron chi connectivity index (χ0n) is 12.9. The first-order valence-electron chi connectivity index (χ1n) is 8.11. The van der Waals surface area contributed by atoms with E-state index in [0.717, 1.165) is 24.2 Å². The Morgan fingerprint density at radius 1 is 1.17 bits per heavy atom. The zero-order valence-corrected chi connectivity index (χ0v) is 12.9. The van der Waals surface area contributed by atoms with Crippen LogP contribution in [0.3, 0.4) is 0 Å². The van der Waals surface area contributed by atoms with Crippen molar-refractivity contribution in [2.24, 2.45) is 5.92 Å². The van der Waals surface area contributed by atoms with Crippen LogP contribution in [-0.4, -0.2) is 11.5 Å². The van der Waals surface area contributed by atoms with E-state index < -0.39 is 0 Å². The average Bonchev–Trinajstić information content (AvgIpc) is 3.24. The second-order valence-electron chi connectivity index (χ2n) is 6.33. The average molecular weight is 301 g/mol. The monoisotopic (exact) mass is 301 g/mol. The molecule has 0 saturated heterocycles. The third kappa shape index (κ3) is 2.86. The van der Waals surface area contributed by atoms with Crippen LogP contribution in [0.25, 0.3) is 10.9 Å². The van der Waals surface area contributed by atoms with Gasteiger partial charge in [-0.2, -0.15) is 5.26 Å². The minimum atomic E-state index is 0.612. The molecule has 0 spiro atoms. The van der Waals surface area contributed by atoms with Gasteiger partial charge in [-0.1, -0.05) is 30.3 Å². The lowest BCUT2D eigenvalue weighted by Gasteiger charge is -2.04. The summed E-state index contributed by atoms with van der Waals surface area (Å²) < 4.78 is 0. The summed E-state index contributed by atoms with van der Waals surface area (Å²) in [6.07, 6.45) is 3.35. The molecule has 1 aliphatic rings. The molecular weight excluding hydrogens is 282 g/mol. The van der Waals surface area contributed by atoms with Gasteiger partial charge < -0.3 is 10.3 Å². The number of fused-ring (bicyclic) bond motifs is 1.